The minimum Gasteiger partial charge on any atom is -0.481 e. The van der Waals surface area contributed by atoms with Crippen molar-refractivity contribution in [2.24, 2.45) is 5.41 Å². The Labute approximate surface area is 168 Å². The van der Waals surface area contributed by atoms with Crippen molar-refractivity contribution in [3.63, 3.8) is 0 Å². The van der Waals surface area contributed by atoms with E-state index in [1.807, 2.05) is 36.4 Å². The number of rotatable bonds is 7. The molecule has 0 saturated heterocycles. The van der Waals surface area contributed by atoms with Gasteiger partial charge in [0.25, 0.3) is 0 Å². The smallest absolute Gasteiger partial charge is 0.407 e. The minimum absolute atomic E-state index is 0.0488. The number of fused-ring (bicyclic) bond motifs is 3. The molecule has 150 valence electrons. The van der Waals surface area contributed by atoms with Crippen LogP contribution in [0.3, 0.4) is 0 Å². The van der Waals surface area contributed by atoms with E-state index < -0.39 is 23.4 Å². The average Bonchev–Trinajstić information content (AvgIpc) is 3.47. The van der Waals surface area contributed by atoms with Gasteiger partial charge in [-0.15, -0.1) is 0 Å². The molecular weight excluding hydrogens is 372 g/mol. The second-order valence-corrected chi connectivity index (χ2v) is 7.54. The molecule has 0 atom stereocenters. The van der Waals surface area contributed by atoms with Crippen molar-refractivity contribution in [1.29, 1.82) is 0 Å². The third-order valence-electron chi connectivity index (χ3n) is 5.67. The highest BCUT2D eigenvalue weighted by atomic mass is 16.5. The zero-order chi connectivity index (χ0) is 20.4. The molecule has 0 heterocycles. The normalized spacial score (nSPS) is 15.7. The standard InChI is InChI=1S/C22H22N2O5/c25-19(24-13-22(9-10-22)20(26)27)11-23-21(28)29-12-18-16-7-3-1-5-14(16)15-6-2-4-8-17(15)18/h1-8,18H,9-13H2,(H,23,28)(H,24,25)(H,26,27). The fourth-order valence-electron chi connectivity index (χ4n) is 3.75. The molecule has 0 unspecified atom stereocenters. The average molecular weight is 394 g/mol. The number of carbonyl (C=O) groups is 3. The maximum atomic E-state index is 12.0. The SMILES string of the molecule is O=C(CNC(=O)OCC1c2ccccc2-c2ccccc21)NCC1(C(=O)O)CC1. The summed E-state index contributed by atoms with van der Waals surface area (Å²) in [4.78, 5) is 35.0. The molecule has 0 spiro atoms. The summed E-state index contributed by atoms with van der Waals surface area (Å²) in [5, 5.41) is 14.1. The second kappa shape index (κ2) is 7.58. The van der Waals surface area contributed by atoms with E-state index >= 15 is 0 Å². The topological polar surface area (TPSA) is 105 Å². The van der Waals surface area contributed by atoms with Crippen LogP contribution in [0.15, 0.2) is 48.5 Å². The van der Waals surface area contributed by atoms with Crippen molar-refractivity contribution in [1.82, 2.24) is 10.6 Å². The maximum absolute atomic E-state index is 12.0. The van der Waals surface area contributed by atoms with Gasteiger partial charge in [0.1, 0.15) is 6.61 Å². The predicted octanol–water partition coefficient (Wildman–Crippen LogP) is 2.51. The highest BCUT2D eigenvalue weighted by Crippen LogP contribution is 2.45. The molecule has 0 aromatic heterocycles. The summed E-state index contributed by atoms with van der Waals surface area (Å²) in [5.41, 5.74) is 3.68. The number of hydrogen-bond donors (Lipinski definition) is 3. The van der Waals surface area contributed by atoms with Crippen LogP contribution in [0.2, 0.25) is 0 Å². The first-order valence-electron chi connectivity index (χ1n) is 9.59. The number of hydrogen-bond acceptors (Lipinski definition) is 4. The minimum atomic E-state index is -0.901. The number of ether oxygens (including phenoxy) is 1. The third kappa shape index (κ3) is 3.81. The van der Waals surface area contributed by atoms with Crippen LogP contribution in [-0.2, 0) is 14.3 Å². The summed E-state index contributed by atoms with van der Waals surface area (Å²) < 4.78 is 5.36. The quantitative estimate of drug-likeness (QED) is 0.669. The molecule has 1 fully saturated rings. The van der Waals surface area contributed by atoms with E-state index in [0.29, 0.717) is 12.8 Å². The molecule has 0 radical (unpaired) electrons. The Hall–Kier alpha value is -3.35. The fourth-order valence-corrected chi connectivity index (χ4v) is 3.75. The van der Waals surface area contributed by atoms with E-state index in [4.69, 9.17) is 9.84 Å². The Balaban J connectivity index is 1.28. The molecule has 2 aliphatic rings. The van der Waals surface area contributed by atoms with Crippen molar-refractivity contribution in [3.8, 4) is 11.1 Å². The van der Waals surface area contributed by atoms with Gasteiger partial charge in [0.05, 0.1) is 12.0 Å². The Kier molecular flexibility index (Phi) is 4.96. The molecule has 0 aliphatic heterocycles. The molecular formula is C22H22N2O5. The highest BCUT2D eigenvalue weighted by Gasteiger charge is 2.50. The van der Waals surface area contributed by atoms with Crippen LogP contribution in [0.5, 0.6) is 0 Å². The predicted molar refractivity (Wildman–Crippen MR) is 105 cm³/mol. The van der Waals surface area contributed by atoms with Crippen LogP contribution in [0, 0.1) is 5.41 Å². The van der Waals surface area contributed by atoms with Gasteiger partial charge < -0.3 is 20.5 Å². The van der Waals surface area contributed by atoms with E-state index in [2.05, 4.69) is 22.8 Å². The fraction of sp³-hybridized carbons (Fsp3) is 0.318. The first-order chi connectivity index (χ1) is 14.0. The first-order valence-corrected chi connectivity index (χ1v) is 9.59. The molecule has 7 nitrogen and oxygen atoms in total. The number of carboxylic acid groups (broad SMARTS) is 1. The van der Waals surface area contributed by atoms with Crippen LogP contribution in [0.4, 0.5) is 4.79 Å². The van der Waals surface area contributed by atoms with Gasteiger partial charge in [0.2, 0.25) is 5.91 Å². The van der Waals surface area contributed by atoms with Crippen molar-refractivity contribution in [3.05, 3.63) is 59.7 Å². The van der Waals surface area contributed by atoms with Crippen LogP contribution >= 0.6 is 0 Å². The molecule has 4 rings (SSSR count). The number of carboxylic acids is 1. The van der Waals surface area contributed by atoms with Gasteiger partial charge in [0, 0.05) is 12.5 Å². The van der Waals surface area contributed by atoms with Gasteiger partial charge in [0.15, 0.2) is 0 Å². The summed E-state index contributed by atoms with van der Waals surface area (Å²) in [6, 6.07) is 16.1. The van der Waals surface area contributed by atoms with Crippen molar-refractivity contribution in [2.75, 3.05) is 19.7 Å². The largest absolute Gasteiger partial charge is 0.481 e. The number of carbonyl (C=O) groups excluding carboxylic acids is 2. The van der Waals surface area contributed by atoms with Gasteiger partial charge in [-0.2, -0.15) is 0 Å². The molecule has 7 heteroatoms. The number of alkyl carbamates (subject to hydrolysis) is 1. The summed E-state index contributed by atoms with van der Waals surface area (Å²) in [7, 11) is 0. The first kappa shape index (κ1) is 19.0. The second-order valence-electron chi connectivity index (χ2n) is 7.54. The molecule has 2 aromatic rings. The molecule has 0 bridgehead atoms. The zero-order valence-corrected chi connectivity index (χ0v) is 15.8. The van der Waals surface area contributed by atoms with Crippen molar-refractivity contribution < 1.29 is 24.2 Å². The lowest BCUT2D eigenvalue weighted by Gasteiger charge is -2.15. The zero-order valence-electron chi connectivity index (χ0n) is 15.8. The Morgan fingerprint density at radius 3 is 2.10 bits per heavy atom. The van der Waals surface area contributed by atoms with Crippen molar-refractivity contribution in [2.45, 2.75) is 18.8 Å². The van der Waals surface area contributed by atoms with Crippen LogP contribution < -0.4 is 10.6 Å². The van der Waals surface area contributed by atoms with Gasteiger partial charge in [-0.3, -0.25) is 9.59 Å². The van der Waals surface area contributed by atoms with Crippen molar-refractivity contribution >= 4 is 18.0 Å². The number of aliphatic carboxylic acids is 1. The Morgan fingerprint density at radius 1 is 0.966 bits per heavy atom. The summed E-state index contributed by atoms with van der Waals surface area (Å²) in [6.07, 6.45) is 0.437. The summed E-state index contributed by atoms with van der Waals surface area (Å²) in [6.45, 7) is -0.0104. The molecule has 29 heavy (non-hydrogen) atoms. The van der Waals surface area contributed by atoms with E-state index in [1.165, 1.54) is 0 Å². The van der Waals surface area contributed by atoms with Crippen LogP contribution in [0.1, 0.15) is 29.9 Å². The summed E-state index contributed by atoms with van der Waals surface area (Å²) in [5.74, 6) is -1.39. The molecule has 2 amide bonds. The van der Waals surface area contributed by atoms with E-state index in [1.54, 1.807) is 0 Å². The third-order valence-corrected chi connectivity index (χ3v) is 5.67. The van der Waals surface area contributed by atoms with E-state index in [0.717, 1.165) is 22.3 Å². The van der Waals surface area contributed by atoms with Gasteiger partial charge in [-0.1, -0.05) is 48.5 Å². The van der Waals surface area contributed by atoms with Gasteiger partial charge in [-0.05, 0) is 35.1 Å². The van der Waals surface area contributed by atoms with Gasteiger partial charge in [-0.25, -0.2) is 4.79 Å². The van der Waals surface area contributed by atoms with Gasteiger partial charge >= 0.3 is 12.1 Å². The maximum Gasteiger partial charge on any atom is 0.407 e. The van der Waals surface area contributed by atoms with Crippen LogP contribution in [0.25, 0.3) is 11.1 Å². The highest BCUT2D eigenvalue weighted by molar-refractivity contribution is 5.84. The Morgan fingerprint density at radius 2 is 1.55 bits per heavy atom. The molecule has 2 aliphatic carbocycles. The lowest BCUT2D eigenvalue weighted by atomic mass is 9.98. The van der Waals surface area contributed by atoms with Crippen LogP contribution in [-0.4, -0.2) is 42.8 Å². The van der Waals surface area contributed by atoms with E-state index in [9.17, 15) is 14.4 Å². The number of nitrogens with one attached hydrogen (secondary N) is 2. The number of amides is 2. The Bertz CT molecular complexity index is 922. The lowest BCUT2D eigenvalue weighted by Crippen LogP contribution is -2.41. The van der Waals surface area contributed by atoms with E-state index in [-0.39, 0.29) is 25.6 Å². The summed E-state index contributed by atoms with van der Waals surface area (Å²) >= 11 is 0. The number of benzene rings is 2. The lowest BCUT2D eigenvalue weighted by molar-refractivity contribution is -0.143. The monoisotopic (exact) mass is 394 g/mol. The molecule has 2 aromatic carbocycles. The molecule has 3 N–H and O–H groups in total. The molecule has 1 saturated carbocycles.